The van der Waals surface area contributed by atoms with Gasteiger partial charge in [0.25, 0.3) is 0 Å². The maximum atomic E-state index is 9.60. The van der Waals surface area contributed by atoms with Gasteiger partial charge in [0.1, 0.15) is 0 Å². The third-order valence-corrected chi connectivity index (χ3v) is 4.80. The fourth-order valence-corrected chi connectivity index (χ4v) is 3.31. The quantitative estimate of drug-likeness (QED) is 0.720. The molecule has 2 heterocycles. The van der Waals surface area contributed by atoms with E-state index in [1.165, 1.54) is 39.0 Å². The summed E-state index contributed by atoms with van der Waals surface area (Å²) in [5.41, 5.74) is -0.108. The molecule has 0 aromatic rings. The zero-order valence-corrected chi connectivity index (χ0v) is 12.7. The van der Waals surface area contributed by atoms with Gasteiger partial charge in [0.2, 0.25) is 0 Å². The number of hydrogen-bond acceptors (Lipinski definition) is 4. The van der Waals surface area contributed by atoms with Crippen molar-refractivity contribution in [3.8, 4) is 0 Å². The zero-order valence-electron chi connectivity index (χ0n) is 12.7. The first kappa shape index (κ1) is 15.2. The van der Waals surface area contributed by atoms with Crippen molar-refractivity contribution < 1.29 is 5.11 Å². The Morgan fingerprint density at radius 1 is 1.32 bits per heavy atom. The lowest BCUT2D eigenvalue weighted by Gasteiger charge is -2.39. The van der Waals surface area contributed by atoms with Crippen molar-refractivity contribution in [3.63, 3.8) is 0 Å². The SMILES string of the molecule is CCCNC(C)(CO)CCN1CCN2CCCC2C1. The Bertz CT molecular complexity index is 274. The summed E-state index contributed by atoms with van der Waals surface area (Å²) in [6.45, 7) is 11.6. The van der Waals surface area contributed by atoms with E-state index in [0.29, 0.717) is 0 Å². The molecule has 0 aliphatic carbocycles. The minimum absolute atomic E-state index is 0.108. The van der Waals surface area contributed by atoms with E-state index in [-0.39, 0.29) is 12.1 Å². The van der Waals surface area contributed by atoms with Crippen LogP contribution in [-0.4, -0.2) is 72.4 Å². The summed E-state index contributed by atoms with van der Waals surface area (Å²) in [6, 6.07) is 0.803. The van der Waals surface area contributed by atoms with Crippen LogP contribution in [0.4, 0.5) is 0 Å². The number of piperazine rings is 1. The van der Waals surface area contributed by atoms with Crippen LogP contribution in [-0.2, 0) is 0 Å². The Balaban J connectivity index is 1.74. The fourth-order valence-electron chi connectivity index (χ4n) is 3.31. The van der Waals surface area contributed by atoms with Gasteiger partial charge in [0.05, 0.1) is 6.61 Å². The summed E-state index contributed by atoms with van der Waals surface area (Å²) in [5.74, 6) is 0. The number of nitrogens with zero attached hydrogens (tertiary/aromatic N) is 2. The molecule has 2 unspecified atom stereocenters. The van der Waals surface area contributed by atoms with Gasteiger partial charge >= 0.3 is 0 Å². The summed E-state index contributed by atoms with van der Waals surface area (Å²) in [6.07, 6.45) is 4.92. The first-order valence-corrected chi connectivity index (χ1v) is 7.99. The highest BCUT2D eigenvalue weighted by atomic mass is 16.3. The molecule has 0 spiro atoms. The minimum Gasteiger partial charge on any atom is -0.394 e. The maximum absolute atomic E-state index is 9.60. The van der Waals surface area contributed by atoms with Crippen LogP contribution >= 0.6 is 0 Å². The van der Waals surface area contributed by atoms with Crippen LogP contribution in [0.2, 0.25) is 0 Å². The summed E-state index contributed by atoms with van der Waals surface area (Å²) in [4.78, 5) is 5.24. The lowest BCUT2D eigenvalue weighted by Crippen LogP contribution is -2.53. The second-order valence-electron chi connectivity index (χ2n) is 6.53. The Morgan fingerprint density at radius 2 is 2.16 bits per heavy atom. The summed E-state index contributed by atoms with van der Waals surface area (Å²) in [5, 5.41) is 13.1. The molecule has 0 radical (unpaired) electrons. The van der Waals surface area contributed by atoms with Crippen molar-refractivity contribution in [1.29, 1.82) is 0 Å². The third kappa shape index (κ3) is 4.15. The van der Waals surface area contributed by atoms with Gasteiger partial charge in [-0.25, -0.2) is 0 Å². The Hall–Kier alpha value is -0.160. The molecular formula is C15H31N3O. The zero-order chi connectivity index (χ0) is 13.7. The molecule has 0 bridgehead atoms. The van der Waals surface area contributed by atoms with Crippen LogP contribution in [0.5, 0.6) is 0 Å². The van der Waals surface area contributed by atoms with Gasteiger partial charge in [-0.15, -0.1) is 0 Å². The molecule has 2 N–H and O–H groups in total. The Labute approximate surface area is 118 Å². The van der Waals surface area contributed by atoms with Crippen LogP contribution in [0, 0.1) is 0 Å². The first-order chi connectivity index (χ1) is 9.17. The largest absolute Gasteiger partial charge is 0.394 e. The number of hydrogen-bond donors (Lipinski definition) is 2. The van der Waals surface area contributed by atoms with E-state index in [0.717, 1.165) is 32.0 Å². The number of rotatable bonds is 7. The molecule has 4 heteroatoms. The standard InChI is InChI=1S/C15H31N3O/c1-3-7-16-15(2,13-19)6-9-17-10-11-18-8-4-5-14(18)12-17/h14,16,19H,3-13H2,1-2H3. The molecule has 19 heavy (non-hydrogen) atoms. The highest BCUT2D eigenvalue weighted by molar-refractivity contribution is 4.89. The highest BCUT2D eigenvalue weighted by Gasteiger charge is 2.31. The van der Waals surface area contributed by atoms with Crippen LogP contribution in [0.25, 0.3) is 0 Å². The second kappa shape index (κ2) is 7.02. The highest BCUT2D eigenvalue weighted by Crippen LogP contribution is 2.22. The van der Waals surface area contributed by atoms with Crippen molar-refractivity contribution in [3.05, 3.63) is 0 Å². The number of nitrogens with one attached hydrogen (secondary N) is 1. The van der Waals surface area contributed by atoms with Gasteiger partial charge in [-0.3, -0.25) is 4.90 Å². The predicted molar refractivity (Wildman–Crippen MR) is 79.4 cm³/mol. The van der Waals surface area contributed by atoms with Crippen molar-refractivity contribution in [1.82, 2.24) is 15.1 Å². The lowest BCUT2D eigenvalue weighted by molar-refractivity contribution is 0.0864. The van der Waals surface area contributed by atoms with Crippen LogP contribution in [0.15, 0.2) is 0 Å². The summed E-state index contributed by atoms with van der Waals surface area (Å²) < 4.78 is 0. The molecule has 0 aromatic heterocycles. The van der Waals surface area contributed by atoms with Crippen LogP contribution in [0.3, 0.4) is 0 Å². The van der Waals surface area contributed by atoms with Crippen molar-refractivity contribution in [2.45, 2.75) is 51.1 Å². The average molecular weight is 269 g/mol. The molecule has 0 saturated carbocycles. The smallest absolute Gasteiger partial charge is 0.0611 e. The van der Waals surface area contributed by atoms with Gasteiger partial charge in [-0.2, -0.15) is 0 Å². The molecule has 2 aliphatic rings. The molecule has 4 nitrogen and oxygen atoms in total. The van der Waals surface area contributed by atoms with E-state index < -0.39 is 0 Å². The monoisotopic (exact) mass is 269 g/mol. The first-order valence-electron chi connectivity index (χ1n) is 7.99. The summed E-state index contributed by atoms with van der Waals surface area (Å²) in [7, 11) is 0. The third-order valence-electron chi connectivity index (χ3n) is 4.80. The van der Waals surface area contributed by atoms with Gasteiger partial charge in [-0.05, 0) is 45.7 Å². The average Bonchev–Trinajstić information content (AvgIpc) is 2.90. The van der Waals surface area contributed by atoms with Crippen molar-refractivity contribution in [2.24, 2.45) is 0 Å². The van der Waals surface area contributed by atoms with Gasteiger partial charge in [0, 0.05) is 37.8 Å². The van der Waals surface area contributed by atoms with Gasteiger partial charge in [0.15, 0.2) is 0 Å². The van der Waals surface area contributed by atoms with E-state index in [9.17, 15) is 5.11 Å². The van der Waals surface area contributed by atoms with E-state index in [1.54, 1.807) is 0 Å². The molecule has 2 rings (SSSR count). The second-order valence-corrected chi connectivity index (χ2v) is 6.53. The van der Waals surface area contributed by atoms with Crippen molar-refractivity contribution >= 4 is 0 Å². The van der Waals surface area contributed by atoms with E-state index in [4.69, 9.17) is 0 Å². The van der Waals surface area contributed by atoms with Gasteiger partial charge in [-0.1, -0.05) is 6.92 Å². The fraction of sp³-hybridized carbons (Fsp3) is 1.00. The van der Waals surface area contributed by atoms with Gasteiger partial charge < -0.3 is 15.3 Å². The van der Waals surface area contributed by atoms with E-state index >= 15 is 0 Å². The molecule has 112 valence electrons. The Kier molecular flexibility index (Phi) is 5.63. The predicted octanol–water partition coefficient (Wildman–Crippen LogP) is 0.907. The maximum Gasteiger partial charge on any atom is 0.0611 e. The molecular weight excluding hydrogens is 238 g/mol. The van der Waals surface area contributed by atoms with Crippen LogP contribution in [0.1, 0.15) is 39.5 Å². The topological polar surface area (TPSA) is 38.7 Å². The van der Waals surface area contributed by atoms with E-state index in [2.05, 4.69) is 29.0 Å². The lowest BCUT2D eigenvalue weighted by atomic mass is 9.98. The Morgan fingerprint density at radius 3 is 2.89 bits per heavy atom. The molecule has 2 fully saturated rings. The van der Waals surface area contributed by atoms with Crippen LogP contribution < -0.4 is 5.32 Å². The van der Waals surface area contributed by atoms with Crippen molar-refractivity contribution in [2.75, 3.05) is 45.9 Å². The number of aliphatic hydroxyl groups excluding tert-OH is 1. The molecule has 0 aromatic carbocycles. The number of aliphatic hydroxyl groups is 1. The summed E-state index contributed by atoms with van der Waals surface area (Å²) >= 11 is 0. The molecule has 0 amide bonds. The molecule has 2 saturated heterocycles. The number of fused-ring (bicyclic) bond motifs is 1. The normalized spacial score (nSPS) is 28.3. The minimum atomic E-state index is -0.108. The van der Waals surface area contributed by atoms with E-state index in [1.807, 2.05) is 0 Å². The molecule has 2 atom stereocenters. The molecule has 2 aliphatic heterocycles.